The molecule has 0 amide bonds. The Morgan fingerprint density at radius 2 is 2.04 bits per heavy atom. The Kier molecular flexibility index (Phi) is 9.75. The molecule has 3 unspecified atom stereocenters. The highest BCUT2D eigenvalue weighted by Crippen LogP contribution is 2.23. The van der Waals surface area contributed by atoms with Crippen LogP contribution in [-0.2, 0) is 17.3 Å². The van der Waals surface area contributed by atoms with Crippen molar-refractivity contribution in [2.45, 2.75) is 71.2 Å². The van der Waals surface area contributed by atoms with E-state index < -0.39 is 10.8 Å². The quantitative estimate of drug-likeness (QED) is 0.486. The predicted octanol–water partition coefficient (Wildman–Crippen LogP) is 3.06. The third-order valence-electron chi connectivity index (χ3n) is 5.28. The predicted molar refractivity (Wildman–Crippen MR) is 120 cm³/mol. The van der Waals surface area contributed by atoms with Crippen LogP contribution in [0.3, 0.4) is 0 Å². The van der Waals surface area contributed by atoms with Gasteiger partial charge in [0.05, 0.1) is 6.54 Å². The van der Waals surface area contributed by atoms with E-state index >= 15 is 0 Å². The first-order valence-corrected chi connectivity index (χ1v) is 12.1. The SMILES string of the molecule is CCNC(=NCc1ccc(N(CC)CC)nc1)NC1CCCC(S(=O)CC)C1. The molecule has 28 heavy (non-hydrogen) atoms. The second-order valence-electron chi connectivity index (χ2n) is 7.19. The molecule has 0 radical (unpaired) electrons. The second kappa shape index (κ2) is 12.0. The molecule has 0 aliphatic heterocycles. The highest BCUT2D eigenvalue weighted by atomic mass is 32.2. The summed E-state index contributed by atoms with van der Waals surface area (Å²) in [5, 5.41) is 7.22. The summed E-state index contributed by atoms with van der Waals surface area (Å²) in [6, 6.07) is 4.52. The third kappa shape index (κ3) is 6.76. The van der Waals surface area contributed by atoms with Gasteiger partial charge in [-0.1, -0.05) is 19.4 Å². The Labute approximate surface area is 173 Å². The monoisotopic (exact) mass is 407 g/mol. The van der Waals surface area contributed by atoms with Gasteiger partial charge < -0.3 is 15.5 Å². The van der Waals surface area contributed by atoms with Crippen molar-refractivity contribution >= 4 is 22.6 Å². The van der Waals surface area contributed by atoms with Crippen molar-refractivity contribution < 1.29 is 4.21 Å². The van der Waals surface area contributed by atoms with Crippen LogP contribution in [0.25, 0.3) is 0 Å². The van der Waals surface area contributed by atoms with E-state index in [0.717, 1.165) is 68.4 Å². The molecule has 1 saturated carbocycles. The maximum atomic E-state index is 12.2. The minimum Gasteiger partial charge on any atom is -0.357 e. The molecule has 0 spiro atoms. The summed E-state index contributed by atoms with van der Waals surface area (Å²) in [4.78, 5) is 11.6. The Bertz CT molecular complexity index is 630. The lowest BCUT2D eigenvalue weighted by Crippen LogP contribution is -2.46. The van der Waals surface area contributed by atoms with E-state index in [4.69, 9.17) is 4.99 Å². The lowest BCUT2D eigenvalue weighted by Gasteiger charge is -2.30. The van der Waals surface area contributed by atoms with Crippen LogP contribution in [-0.4, -0.2) is 51.8 Å². The van der Waals surface area contributed by atoms with E-state index in [-0.39, 0.29) is 0 Å². The number of pyridine rings is 1. The van der Waals surface area contributed by atoms with Crippen molar-refractivity contribution in [2.75, 3.05) is 30.3 Å². The Morgan fingerprint density at radius 3 is 2.64 bits per heavy atom. The fourth-order valence-corrected chi connectivity index (χ4v) is 5.03. The average molecular weight is 408 g/mol. The van der Waals surface area contributed by atoms with Crippen molar-refractivity contribution in [2.24, 2.45) is 4.99 Å². The van der Waals surface area contributed by atoms with E-state index in [2.05, 4.69) is 53.4 Å². The van der Waals surface area contributed by atoms with Crippen LogP contribution in [0, 0.1) is 0 Å². The topological polar surface area (TPSA) is 69.6 Å². The zero-order chi connectivity index (χ0) is 20.4. The van der Waals surface area contributed by atoms with Crippen LogP contribution in [0.5, 0.6) is 0 Å². The number of guanidine groups is 1. The summed E-state index contributed by atoms with van der Waals surface area (Å²) in [6.07, 6.45) is 6.20. The molecule has 7 heteroatoms. The molecular formula is C21H37N5OS. The summed E-state index contributed by atoms with van der Waals surface area (Å²) in [5.41, 5.74) is 1.10. The molecule has 0 aromatic carbocycles. The first kappa shape index (κ1) is 22.7. The van der Waals surface area contributed by atoms with Crippen LogP contribution in [0.1, 0.15) is 58.9 Å². The van der Waals surface area contributed by atoms with Gasteiger partial charge in [0, 0.05) is 53.7 Å². The minimum absolute atomic E-state index is 0.316. The fourth-order valence-electron chi connectivity index (χ4n) is 3.68. The molecule has 1 aromatic heterocycles. The lowest BCUT2D eigenvalue weighted by atomic mass is 9.95. The fraction of sp³-hybridized carbons (Fsp3) is 0.714. The maximum absolute atomic E-state index is 12.2. The molecule has 2 N–H and O–H groups in total. The maximum Gasteiger partial charge on any atom is 0.191 e. The highest BCUT2D eigenvalue weighted by Gasteiger charge is 2.26. The molecule has 1 aliphatic rings. The average Bonchev–Trinajstić information content (AvgIpc) is 2.73. The number of nitrogens with one attached hydrogen (secondary N) is 2. The van der Waals surface area contributed by atoms with Crippen molar-refractivity contribution in [1.29, 1.82) is 0 Å². The molecule has 3 atom stereocenters. The van der Waals surface area contributed by atoms with E-state index in [0.29, 0.717) is 17.8 Å². The van der Waals surface area contributed by atoms with Crippen molar-refractivity contribution in [3.8, 4) is 0 Å². The number of nitrogens with zero attached hydrogens (tertiary/aromatic N) is 3. The summed E-state index contributed by atoms with van der Waals surface area (Å²) in [5.74, 6) is 2.60. The van der Waals surface area contributed by atoms with E-state index in [1.165, 1.54) is 0 Å². The van der Waals surface area contributed by atoms with Crippen LogP contribution in [0.4, 0.5) is 5.82 Å². The van der Waals surface area contributed by atoms with Crippen LogP contribution < -0.4 is 15.5 Å². The summed E-state index contributed by atoms with van der Waals surface area (Å²) in [6.45, 7) is 11.7. The number of rotatable bonds is 9. The summed E-state index contributed by atoms with van der Waals surface area (Å²) < 4.78 is 12.2. The molecule has 158 valence electrons. The smallest absolute Gasteiger partial charge is 0.191 e. The zero-order valence-corrected chi connectivity index (χ0v) is 18.7. The normalized spacial score (nSPS) is 21.2. The van der Waals surface area contributed by atoms with Crippen LogP contribution in [0.15, 0.2) is 23.3 Å². The van der Waals surface area contributed by atoms with Gasteiger partial charge in [-0.15, -0.1) is 0 Å². The summed E-state index contributed by atoms with van der Waals surface area (Å²) in [7, 11) is -0.707. The van der Waals surface area contributed by atoms with Gasteiger partial charge in [0.15, 0.2) is 5.96 Å². The molecule has 1 aromatic rings. The number of hydrogen-bond donors (Lipinski definition) is 2. The molecule has 0 bridgehead atoms. The first-order valence-electron chi connectivity index (χ1n) is 10.7. The Balaban J connectivity index is 1.97. The van der Waals surface area contributed by atoms with Gasteiger partial charge in [-0.3, -0.25) is 4.21 Å². The number of aromatic nitrogens is 1. The van der Waals surface area contributed by atoms with Crippen molar-refractivity contribution in [3.05, 3.63) is 23.9 Å². The molecular weight excluding hydrogens is 370 g/mol. The Morgan fingerprint density at radius 1 is 1.25 bits per heavy atom. The van der Waals surface area contributed by atoms with Gasteiger partial charge >= 0.3 is 0 Å². The summed E-state index contributed by atoms with van der Waals surface area (Å²) >= 11 is 0. The highest BCUT2D eigenvalue weighted by molar-refractivity contribution is 7.85. The molecule has 1 heterocycles. The largest absolute Gasteiger partial charge is 0.357 e. The zero-order valence-electron chi connectivity index (χ0n) is 17.9. The molecule has 1 fully saturated rings. The van der Waals surface area contributed by atoms with E-state index in [1.54, 1.807) is 0 Å². The van der Waals surface area contributed by atoms with Gasteiger partial charge in [-0.25, -0.2) is 9.98 Å². The first-order chi connectivity index (χ1) is 13.6. The van der Waals surface area contributed by atoms with Crippen LogP contribution >= 0.6 is 0 Å². The van der Waals surface area contributed by atoms with Gasteiger partial charge in [0.1, 0.15) is 5.82 Å². The molecule has 0 saturated heterocycles. The van der Waals surface area contributed by atoms with E-state index in [9.17, 15) is 4.21 Å². The van der Waals surface area contributed by atoms with Crippen molar-refractivity contribution in [3.63, 3.8) is 0 Å². The molecule has 2 rings (SSSR count). The van der Waals surface area contributed by atoms with Gasteiger partial charge in [0.25, 0.3) is 0 Å². The van der Waals surface area contributed by atoms with Crippen LogP contribution in [0.2, 0.25) is 0 Å². The van der Waals surface area contributed by atoms with Crippen molar-refractivity contribution in [1.82, 2.24) is 15.6 Å². The van der Waals surface area contributed by atoms with E-state index in [1.807, 2.05) is 13.1 Å². The number of anilines is 1. The van der Waals surface area contributed by atoms with Gasteiger partial charge in [-0.05, 0) is 51.7 Å². The minimum atomic E-state index is -0.707. The third-order valence-corrected chi connectivity index (χ3v) is 7.02. The standard InChI is InChI=1S/C21H37N5OS/c1-5-22-21(25-18-10-9-11-19(14-18)28(27)8-4)24-16-17-12-13-20(23-15-17)26(6-2)7-3/h12-13,15,18-19H,5-11,14,16H2,1-4H3,(H2,22,24,25). The number of hydrogen-bond acceptors (Lipinski definition) is 4. The van der Waals surface area contributed by atoms with Gasteiger partial charge in [-0.2, -0.15) is 0 Å². The van der Waals surface area contributed by atoms with Gasteiger partial charge in [0.2, 0.25) is 0 Å². The Hall–Kier alpha value is -1.63. The number of aliphatic imine (C=N–C) groups is 1. The molecule has 1 aliphatic carbocycles. The molecule has 6 nitrogen and oxygen atoms in total. The lowest BCUT2D eigenvalue weighted by molar-refractivity contribution is 0.413. The second-order valence-corrected chi connectivity index (χ2v) is 9.20.